The number of hydrogen-bond acceptors (Lipinski definition) is 5. The van der Waals surface area contributed by atoms with Gasteiger partial charge < -0.3 is 0 Å². The Kier molecular flexibility index (Phi) is 6.26. The molecule has 9 aromatic rings. The highest BCUT2D eigenvalue weighted by Gasteiger charge is 2.37. The van der Waals surface area contributed by atoms with Crippen LogP contribution in [-0.4, -0.2) is 15.0 Å². The van der Waals surface area contributed by atoms with Crippen molar-refractivity contribution in [1.29, 1.82) is 0 Å². The van der Waals surface area contributed by atoms with Gasteiger partial charge in [0.15, 0.2) is 17.5 Å². The first kappa shape index (κ1) is 28.5. The summed E-state index contributed by atoms with van der Waals surface area (Å²) in [7, 11) is 0. The molecule has 0 atom stereocenters. The van der Waals surface area contributed by atoms with Crippen molar-refractivity contribution in [2.75, 3.05) is 0 Å². The van der Waals surface area contributed by atoms with E-state index in [1.165, 1.54) is 63.0 Å². The third-order valence-electron chi connectivity index (χ3n) is 9.98. The normalized spacial score (nSPS) is 13.3. The molecule has 3 nitrogen and oxygen atoms in total. The van der Waals surface area contributed by atoms with Gasteiger partial charge in [0.25, 0.3) is 0 Å². The zero-order chi connectivity index (χ0) is 32.7. The lowest BCUT2D eigenvalue weighted by molar-refractivity contribution is 0.660. The van der Waals surface area contributed by atoms with Crippen molar-refractivity contribution in [3.8, 4) is 55.7 Å². The summed E-state index contributed by atoms with van der Waals surface area (Å²) in [5, 5.41) is 3.76. The van der Waals surface area contributed by atoms with Gasteiger partial charge in [-0.1, -0.05) is 129 Å². The summed E-state index contributed by atoms with van der Waals surface area (Å²) in [5.41, 5.74) is 9.19. The zero-order valence-corrected chi connectivity index (χ0v) is 28.6. The van der Waals surface area contributed by atoms with Gasteiger partial charge in [0.05, 0.1) is 0 Å². The zero-order valence-electron chi connectivity index (χ0n) is 26.9. The molecule has 1 aliphatic rings. The standard InChI is InChI=1S/C44H29N3S2/c1-44(2)34-17-6-4-13-31(34)39-32(15-10-18-35(39)44)42-45-41(27-23-21-26(22-24-27)38-25-28-11-3-7-19-36(28)48-38)46-43(47-42)33-16-9-14-30-29-12-5-8-20-37(29)49-40(30)33/h3-25H,1-2H3. The Morgan fingerprint density at radius 1 is 0.469 bits per heavy atom. The lowest BCUT2D eigenvalue weighted by Crippen LogP contribution is -2.14. The van der Waals surface area contributed by atoms with Crippen LogP contribution in [0.1, 0.15) is 25.0 Å². The molecule has 0 amide bonds. The molecule has 5 heteroatoms. The molecule has 0 spiro atoms. The topological polar surface area (TPSA) is 38.7 Å². The minimum absolute atomic E-state index is 0.119. The number of benzene rings is 6. The van der Waals surface area contributed by atoms with Gasteiger partial charge in [0, 0.05) is 51.9 Å². The van der Waals surface area contributed by atoms with E-state index in [0.717, 1.165) is 16.7 Å². The summed E-state index contributed by atoms with van der Waals surface area (Å²) in [5.74, 6) is 2.05. The van der Waals surface area contributed by atoms with Gasteiger partial charge >= 0.3 is 0 Å². The van der Waals surface area contributed by atoms with Gasteiger partial charge in [0.1, 0.15) is 0 Å². The molecule has 1 aliphatic carbocycles. The van der Waals surface area contributed by atoms with Crippen molar-refractivity contribution in [3.63, 3.8) is 0 Å². The number of aromatic nitrogens is 3. The Morgan fingerprint density at radius 3 is 1.94 bits per heavy atom. The Labute approximate surface area is 292 Å². The van der Waals surface area contributed by atoms with Gasteiger partial charge in [-0.3, -0.25) is 0 Å². The van der Waals surface area contributed by atoms with E-state index in [-0.39, 0.29) is 5.41 Å². The van der Waals surface area contributed by atoms with Crippen molar-refractivity contribution >= 4 is 52.9 Å². The SMILES string of the molecule is CC1(C)c2ccccc2-c2c(-c3nc(-c4ccc(-c5cc6ccccc6s5)cc4)nc(-c4cccc5c4sc4ccccc45)n3)cccc21. The molecule has 0 aliphatic heterocycles. The smallest absolute Gasteiger partial charge is 0.165 e. The summed E-state index contributed by atoms with van der Waals surface area (Å²) >= 11 is 3.62. The van der Waals surface area contributed by atoms with E-state index in [2.05, 4.69) is 153 Å². The van der Waals surface area contributed by atoms with Crippen LogP contribution in [0.5, 0.6) is 0 Å². The quantitative estimate of drug-likeness (QED) is 0.188. The number of rotatable bonds is 4. The van der Waals surface area contributed by atoms with Gasteiger partial charge in [-0.25, -0.2) is 15.0 Å². The molecule has 3 heterocycles. The lowest BCUT2D eigenvalue weighted by atomic mass is 9.82. The first-order chi connectivity index (χ1) is 24.0. The fraction of sp³-hybridized carbons (Fsp3) is 0.0682. The molecule has 0 saturated carbocycles. The monoisotopic (exact) mass is 663 g/mol. The largest absolute Gasteiger partial charge is 0.208 e. The lowest BCUT2D eigenvalue weighted by Gasteiger charge is -2.21. The number of hydrogen-bond donors (Lipinski definition) is 0. The van der Waals surface area contributed by atoms with Crippen LogP contribution in [0.2, 0.25) is 0 Å². The molecule has 49 heavy (non-hydrogen) atoms. The Morgan fingerprint density at radius 2 is 1.08 bits per heavy atom. The van der Waals surface area contributed by atoms with Crippen molar-refractivity contribution in [1.82, 2.24) is 15.0 Å². The van der Waals surface area contributed by atoms with Crippen LogP contribution >= 0.6 is 22.7 Å². The molecule has 6 aromatic carbocycles. The third kappa shape index (κ3) is 4.43. The average molecular weight is 664 g/mol. The second kappa shape index (κ2) is 10.8. The summed E-state index contributed by atoms with van der Waals surface area (Å²) in [6.45, 7) is 4.62. The van der Waals surface area contributed by atoms with Crippen LogP contribution in [0.3, 0.4) is 0 Å². The summed E-state index contributed by atoms with van der Waals surface area (Å²) < 4.78 is 3.75. The highest BCUT2D eigenvalue weighted by Crippen LogP contribution is 2.52. The van der Waals surface area contributed by atoms with E-state index in [9.17, 15) is 0 Å². The van der Waals surface area contributed by atoms with Gasteiger partial charge in [0.2, 0.25) is 0 Å². The molecular formula is C44H29N3S2. The van der Waals surface area contributed by atoms with Crippen molar-refractivity contribution in [2.24, 2.45) is 0 Å². The fourth-order valence-corrected chi connectivity index (χ4v) is 9.80. The van der Waals surface area contributed by atoms with Crippen LogP contribution in [0.4, 0.5) is 0 Å². The predicted octanol–water partition coefficient (Wildman–Crippen LogP) is 12.4. The summed E-state index contributed by atoms with van der Waals surface area (Å²) in [4.78, 5) is 17.0. The minimum atomic E-state index is -0.119. The van der Waals surface area contributed by atoms with Crippen LogP contribution < -0.4 is 0 Å². The van der Waals surface area contributed by atoms with Gasteiger partial charge in [-0.15, -0.1) is 22.7 Å². The molecule has 10 rings (SSSR count). The first-order valence-corrected chi connectivity index (χ1v) is 18.2. The molecule has 0 bridgehead atoms. The average Bonchev–Trinajstić information content (AvgIpc) is 3.82. The highest BCUT2D eigenvalue weighted by atomic mass is 32.1. The van der Waals surface area contributed by atoms with Crippen LogP contribution in [0.15, 0.2) is 140 Å². The van der Waals surface area contributed by atoms with E-state index >= 15 is 0 Å². The summed E-state index contributed by atoms with van der Waals surface area (Å²) in [6, 6.07) is 49.9. The fourth-order valence-electron chi connectivity index (χ4n) is 7.52. The molecule has 0 fully saturated rings. The molecule has 0 saturated heterocycles. The Hall–Kier alpha value is -5.49. The molecule has 232 valence electrons. The van der Waals surface area contributed by atoms with E-state index in [1.807, 2.05) is 11.3 Å². The minimum Gasteiger partial charge on any atom is -0.208 e. The van der Waals surface area contributed by atoms with E-state index < -0.39 is 0 Å². The van der Waals surface area contributed by atoms with Crippen LogP contribution in [-0.2, 0) is 5.41 Å². The van der Waals surface area contributed by atoms with E-state index in [4.69, 9.17) is 15.0 Å². The molecule has 0 radical (unpaired) electrons. The number of fused-ring (bicyclic) bond motifs is 7. The first-order valence-electron chi connectivity index (χ1n) is 16.5. The second-order valence-electron chi connectivity index (χ2n) is 13.2. The number of thiophene rings is 2. The Bertz CT molecular complexity index is 2720. The molecule has 0 unspecified atom stereocenters. The highest BCUT2D eigenvalue weighted by molar-refractivity contribution is 7.26. The van der Waals surface area contributed by atoms with Crippen molar-refractivity contribution in [3.05, 3.63) is 151 Å². The van der Waals surface area contributed by atoms with Crippen LogP contribution in [0, 0.1) is 0 Å². The molecule has 0 N–H and O–H groups in total. The van der Waals surface area contributed by atoms with Crippen molar-refractivity contribution in [2.45, 2.75) is 19.3 Å². The molecule has 3 aromatic heterocycles. The van der Waals surface area contributed by atoms with Crippen molar-refractivity contribution < 1.29 is 0 Å². The molecular weight excluding hydrogens is 635 g/mol. The van der Waals surface area contributed by atoms with E-state index in [1.54, 1.807) is 11.3 Å². The third-order valence-corrected chi connectivity index (χ3v) is 12.4. The summed E-state index contributed by atoms with van der Waals surface area (Å²) in [6.07, 6.45) is 0. The Balaban J connectivity index is 1.18. The van der Waals surface area contributed by atoms with Crippen LogP contribution in [0.25, 0.3) is 86.0 Å². The number of nitrogens with zero attached hydrogens (tertiary/aromatic N) is 3. The van der Waals surface area contributed by atoms with Gasteiger partial charge in [-0.2, -0.15) is 0 Å². The maximum atomic E-state index is 5.29. The van der Waals surface area contributed by atoms with Gasteiger partial charge in [-0.05, 0) is 57.5 Å². The maximum absolute atomic E-state index is 5.29. The second-order valence-corrected chi connectivity index (χ2v) is 15.3. The maximum Gasteiger partial charge on any atom is 0.165 e. The van der Waals surface area contributed by atoms with E-state index in [0.29, 0.717) is 17.5 Å². The predicted molar refractivity (Wildman–Crippen MR) is 207 cm³/mol.